The zero-order valence-corrected chi connectivity index (χ0v) is 18.4. The number of hydrogen-bond acceptors (Lipinski definition) is 2. The molecule has 0 radical (unpaired) electrons. The molecule has 2 aromatic carbocycles. The number of aromatic hydroxyl groups is 1. The van der Waals surface area contributed by atoms with Gasteiger partial charge in [0.15, 0.2) is 0 Å². The summed E-state index contributed by atoms with van der Waals surface area (Å²) in [5, 5.41) is 12.2. The standard InChI is InChI=1S/C23H34NOP/c1-8-12-23(5,20-14-16(2)13-18(4)21(20)25)26-22-17(3)10-9-11-19(22)15-24(6)7/h9-11,13-14,25-26H,8,12,15H2,1-7H3. The first-order valence-electron chi connectivity index (χ1n) is 9.50. The first-order chi connectivity index (χ1) is 12.2. The molecule has 0 amide bonds. The minimum atomic E-state index is -0.0528. The highest BCUT2D eigenvalue weighted by atomic mass is 31.1. The Kier molecular flexibility index (Phi) is 6.88. The minimum absolute atomic E-state index is 0.0528. The first-order valence-corrected chi connectivity index (χ1v) is 10.5. The molecule has 2 atom stereocenters. The van der Waals surface area contributed by atoms with Crippen molar-refractivity contribution in [2.45, 2.75) is 59.2 Å². The molecule has 0 fully saturated rings. The number of aryl methyl sites for hydroxylation is 3. The van der Waals surface area contributed by atoms with Crippen LogP contribution in [0.25, 0.3) is 0 Å². The van der Waals surface area contributed by atoms with Crippen molar-refractivity contribution in [3.63, 3.8) is 0 Å². The predicted molar refractivity (Wildman–Crippen MR) is 116 cm³/mol. The van der Waals surface area contributed by atoms with Crippen LogP contribution < -0.4 is 5.30 Å². The van der Waals surface area contributed by atoms with E-state index >= 15 is 0 Å². The molecular formula is C23H34NOP. The van der Waals surface area contributed by atoms with Gasteiger partial charge in [-0.05, 0) is 63.3 Å². The van der Waals surface area contributed by atoms with Gasteiger partial charge < -0.3 is 10.0 Å². The number of rotatable bonds is 7. The van der Waals surface area contributed by atoms with E-state index in [1.807, 2.05) is 6.92 Å². The Hall–Kier alpha value is -1.37. The van der Waals surface area contributed by atoms with E-state index in [0.29, 0.717) is 14.3 Å². The maximum Gasteiger partial charge on any atom is 0.122 e. The van der Waals surface area contributed by atoms with Crippen LogP contribution in [-0.2, 0) is 11.7 Å². The van der Waals surface area contributed by atoms with Crippen molar-refractivity contribution < 1.29 is 5.11 Å². The summed E-state index contributed by atoms with van der Waals surface area (Å²) >= 11 is 0. The highest BCUT2D eigenvalue weighted by Crippen LogP contribution is 2.49. The van der Waals surface area contributed by atoms with Crippen molar-refractivity contribution in [1.82, 2.24) is 4.90 Å². The molecule has 2 aromatic rings. The lowest BCUT2D eigenvalue weighted by Gasteiger charge is -2.33. The molecule has 0 aliphatic heterocycles. The van der Waals surface area contributed by atoms with Gasteiger partial charge in [0.1, 0.15) is 5.75 Å². The van der Waals surface area contributed by atoms with E-state index in [1.165, 1.54) is 22.0 Å². The van der Waals surface area contributed by atoms with Crippen LogP contribution in [0, 0.1) is 20.8 Å². The molecule has 0 saturated heterocycles. The molecule has 0 spiro atoms. The van der Waals surface area contributed by atoms with E-state index in [2.05, 4.69) is 77.0 Å². The Morgan fingerprint density at radius 1 is 1.08 bits per heavy atom. The third-order valence-corrected chi connectivity index (χ3v) is 7.07. The van der Waals surface area contributed by atoms with Crippen LogP contribution in [0.15, 0.2) is 30.3 Å². The van der Waals surface area contributed by atoms with Crippen molar-refractivity contribution >= 4 is 13.9 Å². The van der Waals surface area contributed by atoms with E-state index in [1.54, 1.807) is 0 Å². The van der Waals surface area contributed by atoms with Gasteiger partial charge >= 0.3 is 0 Å². The molecule has 1 N–H and O–H groups in total. The summed E-state index contributed by atoms with van der Waals surface area (Å²) in [5.41, 5.74) is 6.06. The average Bonchev–Trinajstić information content (AvgIpc) is 2.54. The zero-order valence-electron chi connectivity index (χ0n) is 17.4. The molecule has 0 aliphatic rings. The summed E-state index contributed by atoms with van der Waals surface area (Å²) in [7, 11) is 4.87. The van der Waals surface area contributed by atoms with Crippen molar-refractivity contribution in [3.8, 4) is 5.75 Å². The zero-order chi connectivity index (χ0) is 19.5. The van der Waals surface area contributed by atoms with Crippen molar-refractivity contribution in [1.29, 1.82) is 0 Å². The maximum absolute atomic E-state index is 10.8. The second kappa shape index (κ2) is 8.55. The van der Waals surface area contributed by atoms with Crippen LogP contribution >= 0.6 is 8.58 Å². The smallest absolute Gasteiger partial charge is 0.122 e. The number of hydrogen-bond donors (Lipinski definition) is 1. The third-order valence-electron chi connectivity index (χ3n) is 5.04. The summed E-state index contributed by atoms with van der Waals surface area (Å²) in [6, 6.07) is 10.9. The van der Waals surface area contributed by atoms with Gasteiger partial charge in [-0.15, -0.1) is 0 Å². The molecule has 0 aliphatic carbocycles. The van der Waals surface area contributed by atoms with Crippen LogP contribution in [0.5, 0.6) is 5.75 Å². The largest absolute Gasteiger partial charge is 0.507 e. The van der Waals surface area contributed by atoms with Gasteiger partial charge in [-0.25, -0.2) is 0 Å². The van der Waals surface area contributed by atoms with Crippen molar-refractivity contribution in [2.75, 3.05) is 14.1 Å². The van der Waals surface area contributed by atoms with Gasteiger partial charge in [-0.1, -0.05) is 64.7 Å². The van der Waals surface area contributed by atoms with Gasteiger partial charge in [0.25, 0.3) is 0 Å². The van der Waals surface area contributed by atoms with E-state index in [-0.39, 0.29) is 5.16 Å². The summed E-state index contributed by atoms with van der Waals surface area (Å²) in [6.07, 6.45) is 2.17. The summed E-state index contributed by atoms with van der Waals surface area (Å²) in [5.74, 6) is 0.474. The summed E-state index contributed by atoms with van der Waals surface area (Å²) in [4.78, 5) is 2.23. The number of phenolic OH excluding ortho intramolecular Hbond substituents is 1. The van der Waals surface area contributed by atoms with E-state index in [9.17, 15) is 5.11 Å². The van der Waals surface area contributed by atoms with E-state index < -0.39 is 0 Å². The molecule has 2 nitrogen and oxygen atoms in total. The summed E-state index contributed by atoms with van der Waals surface area (Å²) in [6.45, 7) is 11.9. The average molecular weight is 372 g/mol. The first kappa shape index (κ1) is 20.9. The normalized spacial score (nSPS) is 14.3. The van der Waals surface area contributed by atoms with Crippen molar-refractivity contribution in [2.24, 2.45) is 0 Å². The van der Waals surface area contributed by atoms with Gasteiger partial charge in [0.2, 0.25) is 0 Å². The fourth-order valence-electron chi connectivity index (χ4n) is 3.80. The maximum atomic E-state index is 10.8. The molecule has 0 saturated carbocycles. The molecule has 2 unspecified atom stereocenters. The molecule has 0 aromatic heterocycles. The number of phenols is 1. The molecule has 142 valence electrons. The molecule has 2 rings (SSSR count). The van der Waals surface area contributed by atoms with Crippen LogP contribution in [0.4, 0.5) is 0 Å². The topological polar surface area (TPSA) is 23.5 Å². The highest BCUT2D eigenvalue weighted by Gasteiger charge is 2.31. The quantitative estimate of drug-likeness (QED) is 0.659. The molecule has 0 bridgehead atoms. The van der Waals surface area contributed by atoms with Gasteiger partial charge in [0.05, 0.1) is 0 Å². The lowest BCUT2D eigenvalue weighted by molar-refractivity contribution is 0.403. The van der Waals surface area contributed by atoms with Crippen LogP contribution in [0.1, 0.15) is 54.5 Å². The SMILES string of the molecule is CCCC(C)(Pc1c(C)cccc1CN(C)C)c1cc(C)cc(C)c1O. The Morgan fingerprint density at radius 3 is 2.38 bits per heavy atom. The Balaban J connectivity index is 2.56. The Labute approximate surface area is 161 Å². The van der Waals surface area contributed by atoms with Gasteiger partial charge in [-0.2, -0.15) is 0 Å². The Morgan fingerprint density at radius 2 is 1.77 bits per heavy atom. The van der Waals surface area contributed by atoms with Crippen LogP contribution in [0.2, 0.25) is 0 Å². The van der Waals surface area contributed by atoms with E-state index in [0.717, 1.165) is 30.5 Å². The van der Waals surface area contributed by atoms with Crippen LogP contribution in [-0.4, -0.2) is 24.1 Å². The molecular weight excluding hydrogens is 337 g/mol. The lowest BCUT2D eigenvalue weighted by atomic mass is 9.91. The molecule has 0 heterocycles. The highest BCUT2D eigenvalue weighted by molar-refractivity contribution is 7.48. The van der Waals surface area contributed by atoms with Gasteiger partial charge in [-0.3, -0.25) is 0 Å². The second-order valence-corrected chi connectivity index (χ2v) is 9.89. The van der Waals surface area contributed by atoms with Gasteiger partial charge in [0, 0.05) is 17.3 Å². The van der Waals surface area contributed by atoms with Crippen LogP contribution in [0.3, 0.4) is 0 Å². The van der Waals surface area contributed by atoms with Crippen molar-refractivity contribution in [3.05, 3.63) is 58.1 Å². The lowest BCUT2D eigenvalue weighted by Crippen LogP contribution is -2.24. The second-order valence-electron chi connectivity index (χ2n) is 8.03. The number of nitrogens with zero attached hydrogens (tertiary/aromatic N) is 1. The van der Waals surface area contributed by atoms with E-state index in [4.69, 9.17) is 0 Å². The monoisotopic (exact) mass is 371 g/mol. The predicted octanol–water partition coefficient (Wildman–Crippen LogP) is 5.40. The third kappa shape index (κ3) is 4.67. The Bertz CT molecular complexity index is 769. The molecule has 3 heteroatoms. The molecule has 26 heavy (non-hydrogen) atoms. The fraction of sp³-hybridized carbons (Fsp3) is 0.478. The fourth-order valence-corrected chi connectivity index (χ4v) is 5.66. The number of benzene rings is 2. The summed E-state index contributed by atoms with van der Waals surface area (Å²) < 4.78 is 0. The minimum Gasteiger partial charge on any atom is -0.507 e.